The lowest BCUT2D eigenvalue weighted by Gasteiger charge is -2.10. The van der Waals surface area contributed by atoms with E-state index in [9.17, 15) is 9.59 Å². The van der Waals surface area contributed by atoms with Gasteiger partial charge in [-0.05, 0) is 41.5 Å². The molecule has 0 bridgehead atoms. The summed E-state index contributed by atoms with van der Waals surface area (Å²) in [5, 5.41) is 13.3. The fourth-order valence-electron chi connectivity index (χ4n) is 3.88. The predicted molar refractivity (Wildman–Crippen MR) is 144 cm³/mol. The fourth-order valence-corrected chi connectivity index (χ4v) is 3.88. The number of aromatic nitrogens is 1. The molecular weight excluding hydrogens is 450 g/mol. The second-order valence-electron chi connectivity index (χ2n) is 8.39. The number of hydrogen-bond donors (Lipinski definition) is 4. The summed E-state index contributed by atoms with van der Waals surface area (Å²) in [7, 11) is 0. The highest BCUT2D eigenvalue weighted by atomic mass is 16.2. The van der Waals surface area contributed by atoms with E-state index in [0.29, 0.717) is 24.5 Å². The summed E-state index contributed by atoms with van der Waals surface area (Å²) in [5.74, 6) is 0. The first-order chi connectivity index (χ1) is 17.6. The minimum atomic E-state index is -0.285. The number of pyridine rings is 1. The maximum Gasteiger partial charge on any atom is 0.319 e. The summed E-state index contributed by atoms with van der Waals surface area (Å²) < 4.78 is 0. The van der Waals surface area contributed by atoms with E-state index < -0.39 is 0 Å². The van der Waals surface area contributed by atoms with Crippen LogP contribution < -0.4 is 21.3 Å². The van der Waals surface area contributed by atoms with Crippen LogP contribution in [0.4, 0.5) is 21.0 Å². The number of hydrogen-bond acceptors (Lipinski definition) is 3. The largest absolute Gasteiger partial charge is 0.334 e. The zero-order chi connectivity index (χ0) is 24.7. The molecule has 0 aliphatic heterocycles. The van der Waals surface area contributed by atoms with Crippen molar-refractivity contribution >= 4 is 45.2 Å². The average molecular weight is 476 g/mol. The van der Waals surface area contributed by atoms with Crippen LogP contribution in [0.3, 0.4) is 0 Å². The molecule has 0 radical (unpaired) electrons. The van der Waals surface area contributed by atoms with Gasteiger partial charge in [0.2, 0.25) is 0 Å². The summed E-state index contributed by atoms with van der Waals surface area (Å²) in [4.78, 5) is 29.4. The Hall–Kier alpha value is -4.91. The van der Waals surface area contributed by atoms with Crippen LogP contribution in [0.15, 0.2) is 103 Å². The first-order valence-corrected chi connectivity index (χ1v) is 11.6. The van der Waals surface area contributed by atoms with Gasteiger partial charge in [-0.25, -0.2) is 14.6 Å². The van der Waals surface area contributed by atoms with Gasteiger partial charge >= 0.3 is 12.1 Å². The van der Waals surface area contributed by atoms with E-state index in [-0.39, 0.29) is 12.1 Å². The van der Waals surface area contributed by atoms with E-state index in [4.69, 9.17) is 4.98 Å². The lowest BCUT2D eigenvalue weighted by atomic mass is 10.1. The topological polar surface area (TPSA) is 95.2 Å². The number of nitrogens with one attached hydrogen (secondary N) is 4. The van der Waals surface area contributed by atoms with E-state index in [1.807, 2.05) is 103 Å². The standard InChI is InChI=1S/C29H25N5O2/c35-28(30-18-20-7-3-1-4-8-20)32-24-13-11-22-15-23-12-14-25(17-27(23)34-26(22)16-24)33-29(36)31-19-21-9-5-2-6-10-21/h1-17H,18-19H2,(H2,30,32,35)(H2,31,33,36). The molecule has 0 aliphatic carbocycles. The van der Waals surface area contributed by atoms with Gasteiger partial charge in [-0.2, -0.15) is 0 Å². The summed E-state index contributed by atoms with van der Waals surface area (Å²) in [6.45, 7) is 0.885. The van der Waals surface area contributed by atoms with Crippen LogP contribution in [0.1, 0.15) is 11.1 Å². The number of rotatable bonds is 6. The number of carbonyl (C=O) groups is 2. The molecule has 0 unspecified atom stereocenters. The van der Waals surface area contributed by atoms with Crippen molar-refractivity contribution in [2.45, 2.75) is 13.1 Å². The fraction of sp³-hybridized carbons (Fsp3) is 0.0690. The Morgan fingerprint density at radius 1 is 0.556 bits per heavy atom. The molecule has 36 heavy (non-hydrogen) atoms. The third-order valence-electron chi connectivity index (χ3n) is 5.72. The third kappa shape index (κ3) is 5.77. The first kappa shape index (κ1) is 22.9. The minimum Gasteiger partial charge on any atom is -0.334 e. The Morgan fingerprint density at radius 3 is 1.44 bits per heavy atom. The Balaban J connectivity index is 1.26. The van der Waals surface area contributed by atoms with Gasteiger partial charge in [0.25, 0.3) is 0 Å². The number of urea groups is 2. The van der Waals surface area contributed by atoms with Gasteiger partial charge in [-0.15, -0.1) is 0 Å². The maximum absolute atomic E-state index is 12.3. The molecule has 5 aromatic rings. The minimum absolute atomic E-state index is 0.285. The van der Waals surface area contributed by atoms with Crippen molar-refractivity contribution in [1.29, 1.82) is 0 Å². The van der Waals surface area contributed by atoms with Crippen molar-refractivity contribution < 1.29 is 9.59 Å². The molecule has 5 rings (SSSR count). The van der Waals surface area contributed by atoms with Gasteiger partial charge < -0.3 is 21.3 Å². The molecule has 0 saturated carbocycles. The molecule has 7 nitrogen and oxygen atoms in total. The first-order valence-electron chi connectivity index (χ1n) is 11.6. The van der Waals surface area contributed by atoms with Gasteiger partial charge in [0.15, 0.2) is 0 Å². The molecule has 7 heteroatoms. The summed E-state index contributed by atoms with van der Waals surface area (Å²) in [6, 6.07) is 32.2. The smallest absolute Gasteiger partial charge is 0.319 e. The number of anilines is 2. The number of amides is 4. The Bertz CT molecular complexity index is 1410. The highest BCUT2D eigenvalue weighted by molar-refractivity contribution is 5.98. The van der Waals surface area contributed by atoms with Crippen LogP contribution >= 0.6 is 0 Å². The van der Waals surface area contributed by atoms with Crippen LogP contribution in [0.5, 0.6) is 0 Å². The van der Waals surface area contributed by atoms with Gasteiger partial charge in [0, 0.05) is 35.2 Å². The van der Waals surface area contributed by atoms with Crippen LogP contribution in [0.2, 0.25) is 0 Å². The number of carbonyl (C=O) groups excluding carboxylic acids is 2. The van der Waals surface area contributed by atoms with E-state index >= 15 is 0 Å². The molecule has 0 aliphatic rings. The summed E-state index contributed by atoms with van der Waals surface area (Å²) in [6.07, 6.45) is 0. The van der Waals surface area contributed by atoms with Gasteiger partial charge in [-0.1, -0.05) is 72.8 Å². The number of benzene rings is 4. The van der Waals surface area contributed by atoms with Gasteiger partial charge in [0.05, 0.1) is 11.0 Å². The van der Waals surface area contributed by atoms with Crippen molar-refractivity contribution in [2.24, 2.45) is 0 Å². The van der Waals surface area contributed by atoms with Crippen molar-refractivity contribution in [3.8, 4) is 0 Å². The van der Waals surface area contributed by atoms with E-state index in [0.717, 1.165) is 32.9 Å². The molecule has 4 amide bonds. The van der Waals surface area contributed by atoms with E-state index in [1.54, 1.807) is 0 Å². The zero-order valence-electron chi connectivity index (χ0n) is 19.5. The summed E-state index contributed by atoms with van der Waals surface area (Å²) in [5.41, 5.74) is 4.84. The molecule has 4 aromatic carbocycles. The summed E-state index contributed by atoms with van der Waals surface area (Å²) >= 11 is 0. The van der Waals surface area contributed by atoms with Crippen molar-refractivity contribution in [1.82, 2.24) is 15.6 Å². The molecule has 1 aromatic heterocycles. The highest BCUT2D eigenvalue weighted by Gasteiger charge is 2.07. The molecular formula is C29H25N5O2. The molecule has 1 heterocycles. The Kier molecular flexibility index (Phi) is 6.71. The van der Waals surface area contributed by atoms with E-state index in [2.05, 4.69) is 21.3 Å². The van der Waals surface area contributed by atoms with Gasteiger partial charge in [0.1, 0.15) is 0 Å². The maximum atomic E-state index is 12.3. The SMILES string of the molecule is O=C(NCc1ccccc1)Nc1ccc2cc3ccc(NC(=O)NCc4ccccc4)cc3nc2c1. The molecule has 4 N–H and O–H groups in total. The lowest BCUT2D eigenvalue weighted by molar-refractivity contribution is 0.251. The average Bonchev–Trinajstić information content (AvgIpc) is 2.91. The second kappa shape index (κ2) is 10.6. The molecule has 178 valence electrons. The van der Waals surface area contributed by atoms with E-state index in [1.165, 1.54) is 0 Å². The second-order valence-corrected chi connectivity index (χ2v) is 8.39. The van der Waals surface area contributed by atoms with Crippen molar-refractivity contribution in [3.05, 3.63) is 114 Å². The van der Waals surface area contributed by atoms with Crippen LogP contribution in [0, 0.1) is 0 Å². The van der Waals surface area contributed by atoms with Crippen LogP contribution in [-0.2, 0) is 13.1 Å². The number of fused-ring (bicyclic) bond motifs is 2. The van der Waals surface area contributed by atoms with Crippen LogP contribution in [0.25, 0.3) is 21.8 Å². The lowest BCUT2D eigenvalue weighted by Crippen LogP contribution is -2.28. The molecule has 0 fully saturated rings. The van der Waals surface area contributed by atoms with Gasteiger partial charge in [-0.3, -0.25) is 0 Å². The molecule has 0 spiro atoms. The Morgan fingerprint density at radius 2 is 1.00 bits per heavy atom. The molecule has 0 saturated heterocycles. The molecule has 0 atom stereocenters. The van der Waals surface area contributed by atoms with Crippen LogP contribution in [-0.4, -0.2) is 17.0 Å². The monoisotopic (exact) mass is 475 g/mol. The highest BCUT2D eigenvalue weighted by Crippen LogP contribution is 2.24. The zero-order valence-corrected chi connectivity index (χ0v) is 19.5. The Labute approximate surface area is 208 Å². The number of nitrogens with zero attached hydrogens (tertiary/aromatic N) is 1. The van der Waals surface area contributed by atoms with Crippen molar-refractivity contribution in [2.75, 3.05) is 10.6 Å². The van der Waals surface area contributed by atoms with Crippen molar-refractivity contribution in [3.63, 3.8) is 0 Å². The third-order valence-corrected chi connectivity index (χ3v) is 5.72. The quantitative estimate of drug-likeness (QED) is 0.226. The predicted octanol–water partition coefficient (Wildman–Crippen LogP) is 6.03. The normalized spacial score (nSPS) is 10.7.